The molecule has 0 aromatic heterocycles. The summed E-state index contributed by atoms with van der Waals surface area (Å²) in [6, 6.07) is 21.4. The summed E-state index contributed by atoms with van der Waals surface area (Å²) >= 11 is 0. The summed E-state index contributed by atoms with van der Waals surface area (Å²) < 4.78 is 5.41. The Balaban J connectivity index is 1.45. The highest BCUT2D eigenvalue weighted by atomic mass is 16.5. The van der Waals surface area contributed by atoms with Crippen molar-refractivity contribution in [3.05, 3.63) is 88.3 Å². The van der Waals surface area contributed by atoms with Gasteiger partial charge in [-0.3, -0.25) is 14.4 Å². The van der Waals surface area contributed by atoms with Crippen molar-refractivity contribution in [2.45, 2.75) is 59.3 Å². The SMILES string of the molecule is CCCC(C(=O)c1ccc(-c2ccc(C3CCC3C(=O)Nc3cc(C)ccc3OC)cc2)cc1)[C@@H](C(=O)N=O)C(C)C. The molecule has 0 heterocycles. The number of hydrogen-bond donors (Lipinski definition) is 1. The predicted molar refractivity (Wildman–Crippen MR) is 166 cm³/mol. The van der Waals surface area contributed by atoms with Crippen LogP contribution in [0.3, 0.4) is 0 Å². The first-order valence-electron chi connectivity index (χ1n) is 14.8. The fraction of sp³-hybridized carbons (Fsp3) is 0.400. The van der Waals surface area contributed by atoms with Crippen LogP contribution in [0.5, 0.6) is 5.75 Å². The lowest BCUT2D eigenvalue weighted by atomic mass is 9.69. The number of aryl methyl sites for hydroxylation is 1. The third-order valence-corrected chi connectivity index (χ3v) is 8.53. The molecule has 1 saturated carbocycles. The van der Waals surface area contributed by atoms with Crippen molar-refractivity contribution in [2.75, 3.05) is 12.4 Å². The minimum atomic E-state index is -0.755. The van der Waals surface area contributed by atoms with Crippen LogP contribution in [0, 0.1) is 35.5 Å². The molecule has 1 fully saturated rings. The van der Waals surface area contributed by atoms with Crippen LogP contribution in [0.2, 0.25) is 0 Å². The zero-order valence-electron chi connectivity index (χ0n) is 25.1. The van der Waals surface area contributed by atoms with E-state index in [0.29, 0.717) is 23.4 Å². The van der Waals surface area contributed by atoms with E-state index in [9.17, 15) is 19.3 Å². The van der Waals surface area contributed by atoms with Crippen molar-refractivity contribution < 1.29 is 19.1 Å². The third kappa shape index (κ3) is 6.67. The molecule has 1 aliphatic carbocycles. The van der Waals surface area contributed by atoms with Gasteiger partial charge in [0.25, 0.3) is 5.91 Å². The van der Waals surface area contributed by atoms with Crippen molar-refractivity contribution in [2.24, 2.45) is 28.8 Å². The topological polar surface area (TPSA) is 102 Å². The fourth-order valence-corrected chi connectivity index (χ4v) is 6.09. The standard InChI is InChI=1S/C35H40N2O5/c1-6-7-29(32(21(2)3)35(40)37-41)33(38)26-15-11-24(12-16-26)23-9-13-25(14-10-23)27-17-18-28(27)34(39)36-30-20-22(4)8-19-31(30)42-5/h8-16,19-21,27-29,32H,6-7,17-18H2,1-5H3,(H,36,39)/t27?,28?,29?,32-/m0/s1. The quantitative estimate of drug-likeness (QED) is 0.176. The second-order valence-corrected chi connectivity index (χ2v) is 11.6. The maximum Gasteiger partial charge on any atom is 0.290 e. The van der Waals surface area contributed by atoms with E-state index < -0.39 is 17.7 Å². The number of nitrogens with zero attached hydrogens (tertiary/aromatic N) is 1. The van der Waals surface area contributed by atoms with E-state index in [-0.39, 0.29) is 29.4 Å². The van der Waals surface area contributed by atoms with Gasteiger partial charge in [0.2, 0.25) is 5.91 Å². The number of rotatable bonds is 12. The fourth-order valence-electron chi connectivity index (χ4n) is 6.09. The molecule has 42 heavy (non-hydrogen) atoms. The highest BCUT2D eigenvalue weighted by molar-refractivity contribution is 6.01. The van der Waals surface area contributed by atoms with Gasteiger partial charge in [0, 0.05) is 22.6 Å². The number of carbonyl (C=O) groups is 3. The van der Waals surface area contributed by atoms with E-state index in [0.717, 1.165) is 41.5 Å². The van der Waals surface area contributed by atoms with Crippen molar-refractivity contribution >= 4 is 23.3 Å². The molecule has 7 nitrogen and oxygen atoms in total. The lowest BCUT2D eigenvalue weighted by molar-refractivity contribution is -0.124. The Morgan fingerprint density at radius 3 is 2.12 bits per heavy atom. The summed E-state index contributed by atoms with van der Waals surface area (Å²) in [4.78, 5) is 49.8. The number of amides is 2. The molecule has 1 aliphatic rings. The number of ketones is 1. The van der Waals surface area contributed by atoms with E-state index >= 15 is 0 Å². The highest BCUT2D eigenvalue weighted by Gasteiger charge is 2.38. The second kappa shape index (κ2) is 13.7. The normalized spacial score (nSPS) is 17.6. The minimum Gasteiger partial charge on any atom is -0.495 e. The van der Waals surface area contributed by atoms with E-state index in [1.807, 2.05) is 70.2 Å². The maximum atomic E-state index is 13.4. The monoisotopic (exact) mass is 568 g/mol. The van der Waals surface area contributed by atoms with Gasteiger partial charge in [-0.1, -0.05) is 81.8 Å². The average molecular weight is 569 g/mol. The zero-order valence-corrected chi connectivity index (χ0v) is 25.1. The van der Waals surface area contributed by atoms with Crippen LogP contribution >= 0.6 is 0 Å². The Kier molecular flexibility index (Phi) is 10.0. The lowest BCUT2D eigenvalue weighted by Gasteiger charge is -2.36. The number of nitroso groups, excluding NO2 is 1. The first-order chi connectivity index (χ1) is 20.2. The third-order valence-electron chi connectivity index (χ3n) is 8.53. The molecule has 4 atom stereocenters. The average Bonchev–Trinajstić information content (AvgIpc) is 2.96. The number of carbonyl (C=O) groups excluding carboxylic acids is 3. The highest BCUT2D eigenvalue weighted by Crippen LogP contribution is 2.44. The van der Waals surface area contributed by atoms with Crippen LogP contribution in [0.4, 0.5) is 5.69 Å². The molecule has 3 unspecified atom stereocenters. The molecule has 0 bridgehead atoms. The Hall–Kier alpha value is -4.13. The zero-order chi connectivity index (χ0) is 30.4. The molecule has 1 N–H and O–H groups in total. The Bertz CT molecular complexity index is 1430. The van der Waals surface area contributed by atoms with Crippen LogP contribution in [-0.4, -0.2) is 24.7 Å². The van der Waals surface area contributed by atoms with E-state index in [1.165, 1.54) is 0 Å². The van der Waals surface area contributed by atoms with Gasteiger partial charge in [-0.25, -0.2) is 0 Å². The van der Waals surface area contributed by atoms with Crippen molar-refractivity contribution in [1.82, 2.24) is 0 Å². The molecule has 0 aliphatic heterocycles. The smallest absolute Gasteiger partial charge is 0.290 e. The molecular weight excluding hydrogens is 528 g/mol. The molecule has 0 saturated heterocycles. The van der Waals surface area contributed by atoms with Gasteiger partial charge >= 0.3 is 0 Å². The lowest BCUT2D eigenvalue weighted by Crippen LogP contribution is -2.35. The van der Waals surface area contributed by atoms with Crippen LogP contribution in [0.1, 0.15) is 73.9 Å². The predicted octanol–water partition coefficient (Wildman–Crippen LogP) is 7.97. The first kappa shape index (κ1) is 30.8. The Morgan fingerprint density at radius 2 is 1.60 bits per heavy atom. The van der Waals surface area contributed by atoms with Crippen molar-refractivity contribution in [3.8, 4) is 16.9 Å². The van der Waals surface area contributed by atoms with E-state index in [4.69, 9.17) is 4.74 Å². The van der Waals surface area contributed by atoms with Crippen LogP contribution < -0.4 is 10.1 Å². The molecule has 7 heteroatoms. The number of anilines is 1. The van der Waals surface area contributed by atoms with Gasteiger partial charge in [-0.2, -0.15) is 0 Å². The first-order valence-corrected chi connectivity index (χ1v) is 14.8. The number of methoxy groups -OCH3 is 1. The largest absolute Gasteiger partial charge is 0.495 e. The van der Waals surface area contributed by atoms with E-state index in [1.54, 1.807) is 19.2 Å². The molecule has 220 valence electrons. The molecule has 0 spiro atoms. The summed E-state index contributed by atoms with van der Waals surface area (Å²) in [6.45, 7) is 7.63. The Morgan fingerprint density at radius 1 is 0.952 bits per heavy atom. The molecule has 2 amide bonds. The van der Waals surface area contributed by atoms with Gasteiger partial charge in [0.1, 0.15) is 5.75 Å². The minimum absolute atomic E-state index is 0.00573. The molecule has 0 radical (unpaired) electrons. The summed E-state index contributed by atoms with van der Waals surface area (Å²) in [5.41, 5.74) is 5.36. The second-order valence-electron chi connectivity index (χ2n) is 11.6. The van der Waals surface area contributed by atoms with Gasteiger partial charge in [-0.05, 0) is 72.4 Å². The Labute approximate surface area is 248 Å². The molecule has 3 aromatic rings. The molecular formula is C35H40N2O5. The van der Waals surface area contributed by atoms with Crippen molar-refractivity contribution in [1.29, 1.82) is 0 Å². The van der Waals surface area contributed by atoms with Crippen LogP contribution in [-0.2, 0) is 9.59 Å². The van der Waals surface area contributed by atoms with Gasteiger partial charge in [0.15, 0.2) is 5.78 Å². The van der Waals surface area contributed by atoms with Gasteiger partial charge < -0.3 is 10.1 Å². The number of Topliss-reactive ketones (excluding diaryl/α,β-unsaturated/α-hetero) is 1. The number of ether oxygens (including phenoxy) is 1. The van der Waals surface area contributed by atoms with Crippen LogP contribution in [0.25, 0.3) is 11.1 Å². The van der Waals surface area contributed by atoms with Crippen molar-refractivity contribution in [3.63, 3.8) is 0 Å². The summed E-state index contributed by atoms with van der Waals surface area (Å²) in [7, 11) is 1.60. The van der Waals surface area contributed by atoms with Gasteiger partial charge in [-0.15, -0.1) is 4.91 Å². The number of hydrogen-bond acceptors (Lipinski definition) is 5. The maximum absolute atomic E-state index is 13.4. The van der Waals surface area contributed by atoms with Crippen LogP contribution in [0.15, 0.2) is 71.9 Å². The summed E-state index contributed by atoms with van der Waals surface area (Å²) in [5, 5.41) is 5.71. The summed E-state index contributed by atoms with van der Waals surface area (Å²) in [5.74, 6) is -1.65. The number of nitrogens with one attached hydrogen (secondary N) is 1. The number of benzene rings is 3. The van der Waals surface area contributed by atoms with E-state index in [2.05, 4.69) is 22.6 Å². The molecule has 3 aromatic carbocycles. The molecule has 4 rings (SSSR count). The summed E-state index contributed by atoms with van der Waals surface area (Å²) in [6.07, 6.45) is 3.04. The van der Waals surface area contributed by atoms with Gasteiger partial charge in [0.05, 0.1) is 18.7 Å².